The Balaban J connectivity index is 2.12. The zero-order chi connectivity index (χ0) is 15.2. The summed E-state index contributed by atoms with van der Waals surface area (Å²) in [6.45, 7) is -2.52. The summed E-state index contributed by atoms with van der Waals surface area (Å²) in [5.74, 6) is 0.238. The third-order valence-electron chi connectivity index (χ3n) is 2.69. The van der Waals surface area contributed by atoms with Crippen LogP contribution in [0.4, 0.5) is 14.5 Å². The minimum absolute atomic E-state index is 0.0101. The fourth-order valence-electron chi connectivity index (χ4n) is 1.73. The van der Waals surface area contributed by atoms with E-state index in [1.165, 1.54) is 13.2 Å². The van der Waals surface area contributed by atoms with Crippen molar-refractivity contribution in [2.75, 3.05) is 12.4 Å². The van der Waals surface area contributed by atoms with Gasteiger partial charge in [0, 0.05) is 12.7 Å². The van der Waals surface area contributed by atoms with Gasteiger partial charge in [-0.05, 0) is 29.8 Å². The van der Waals surface area contributed by atoms with Crippen molar-refractivity contribution in [3.63, 3.8) is 0 Å². The smallest absolute Gasteiger partial charge is 0.387 e. The lowest BCUT2D eigenvalue weighted by Gasteiger charge is -2.12. The van der Waals surface area contributed by atoms with Gasteiger partial charge in [0.2, 0.25) is 0 Å². The van der Waals surface area contributed by atoms with Crippen molar-refractivity contribution in [2.24, 2.45) is 0 Å². The number of hydrogen-bond donors (Lipinski definition) is 1. The zero-order valence-electron chi connectivity index (χ0n) is 11.1. The number of nitrogens with zero attached hydrogens (tertiary/aromatic N) is 1. The SMILES string of the molecule is COc1ccc(CNc2cccnc2Cl)cc1OC(F)F. The van der Waals surface area contributed by atoms with Crippen LogP contribution in [-0.4, -0.2) is 18.7 Å². The number of benzene rings is 1. The molecule has 21 heavy (non-hydrogen) atoms. The number of nitrogens with one attached hydrogen (secondary N) is 1. The zero-order valence-corrected chi connectivity index (χ0v) is 11.9. The van der Waals surface area contributed by atoms with Crippen LogP contribution in [0, 0.1) is 0 Å². The molecule has 1 N–H and O–H groups in total. The molecule has 7 heteroatoms. The maximum Gasteiger partial charge on any atom is 0.387 e. The standard InChI is InChI=1S/C14H13ClF2N2O2/c1-20-11-5-4-9(7-12(11)21-14(16)17)8-19-10-3-2-6-18-13(10)15/h2-7,14,19H,8H2,1H3. The second kappa shape index (κ2) is 7.08. The first-order chi connectivity index (χ1) is 10.1. The Kier molecular flexibility index (Phi) is 5.16. The summed E-state index contributed by atoms with van der Waals surface area (Å²) in [6.07, 6.45) is 1.58. The largest absolute Gasteiger partial charge is 0.493 e. The fraction of sp³-hybridized carbons (Fsp3) is 0.214. The van der Waals surface area contributed by atoms with E-state index in [9.17, 15) is 8.78 Å². The molecule has 0 unspecified atom stereocenters. The predicted molar refractivity (Wildman–Crippen MR) is 76.2 cm³/mol. The van der Waals surface area contributed by atoms with Gasteiger partial charge >= 0.3 is 6.61 Å². The minimum Gasteiger partial charge on any atom is -0.493 e. The number of rotatable bonds is 6. The Labute approximate surface area is 125 Å². The van der Waals surface area contributed by atoms with Crippen LogP contribution in [0.5, 0.6) is 11.5 Å². The first-order valence-electron chi connectivity index (χ1n) is 6.06. The summed E-state index contributed by atoms with van der Waals surface area (Å²) in [5.41, 5.74) is 1.40. The molecule has 0 fully saturated rings. The van der Waals surface area contributed by atoms with Gasteiger partial charge in [-0.15, -0.1) is 0 Å². The molecule has 0 saturated carbocycles. The van der Waals surface area contributed by atoms with E-state index in [0.29, 0.717) is 17.4 Å². The fourth-order valence-corrected chi connectivity index (χ4v) is 1.92. The van der Waals surface area contributed by atoms with Gasteiger partial charge in [0.1, 0.15) is 0 Å². The highest BCUT2D eigenvalue weighted by Gasteiger charge is 2.11. The quantitative estimate of drug-likeness (QED) is 0.820. The highest BCUT2D eigenvalue weighted by atomic mass is 35.5. The average molecular weight is 315 g/mol. The monoisotopic (exact) mass is 314 g/mol. The number of ether oxygens (including phenoxy) is 2. The number of alkyl halides is 2. The van der Waals surface area contributed by atoms with Gasteiger partial charge in [0.05, 0.1) is 12.8 Å². The molecule has 2 aromatic rings. The van der Waals surface area contributed by atoms with Gasteiger partial charge < -0.3 is 14.8 Å². The Morgan fingerprint density at radius 2 is 2.10 bits per heavy atom. The summed E-state index contributed by atoms with van der Waals surface area (Å²) in [7, 11) is 1.39. The lowest BCUT2D eigenvalue weighted by atomic mass is 10.2. The van der Waals surface area contributed by atoms with Crippen LogP contribution in [0.15, 0.2) is 36.5 Å². The minimum atomic E-state index is -2.91. The molecule has 0 bridgehead atoms. The van der Waals surface area contributed by atoms with E-state index in [0.717, 1.165) is 5.56 Å². The van der Waals surface area contributed by atoms with Crippen LogP contribution >= 0.6 is 11.6 Å². The van der Waals surface area contributed by atoms with Gasteiger partial charge in [-0.3, -0.25) is 0 Å². The van der Waals surface area contributed by atoms with E-state index in [-0.39, 0.29) is 11.5 Å². The second-order valence-corrected chi connectivity index (χ2v) is 4.42. The Bertz CT molecular complexity index is 611. The van der Waals surface area contributed by atoms with E-state index in [2.05, 4.69) is 15.0 Å². The van der Waals surface area contributed by atoms with E-state index < -0.39 is 6.61 Å². The summed E-state index contributed by atoms with van der Waals surface area (Å²) >= 11 is 5.92. The molecule has 0 aliphatic heterocycles. The van der Waals surface area contributed by atoms with E-state index in [1.807, 2.05) is 0 Å². The van der Waals surface area contributed by atoms with Crippen molar-refractivity contribution in [2.45, 2.75) is 13.2 Å². The molecule has 0 aliphatic carbocycles. The molecule has 0 amide bonds. The maximum absolute atomic E-state index is 12.4. The lowest BCUT2D eigenvalue weighted by molar-refractivity contribution is -0.0512. The number of aromatic nitrogens is 1. The lowest BCUT2D eigenvalue weighted by Crippen LogP contribution is -2.05. The molecular formula is C14H13ClF2N2O2. The van der Waals surface area contributed by atoms with Crippen LogP contribution in [0.2, 0.25) is 5.15 Å². The average Bonchev–Trinajstić information content (AvgIpc) is 2.46. The van der Waals surface area contributed by atoms with Gasteiger partial charge in [-0.25, -0.2) is 4.98 Å². The Hall–Kier alpha value is -2.08. The molecule has 0 saturated heterocycles. The number of pyridine rings is 1. The number of halogens is 3. The van der Waals surface area contributed by atoms with Crippen LogP contribution in [0.25, 0.3) is 0 Å². The number of anilines is 1. The summed E-state index contributed by atoms with van der Waals surface area (Å²) in [5, 5.41) is 3.41. The summed E-state index contributed by atoms with van der Waals surface area (Å²) in [4.78, 5) is 3.93. The molecule has 0 radical (unpaired) electrons. The molecule has 1 aromatic carbocycles. The third kappa shape index (κ3) is 4.19. The van der Waals surface area contributed by atoms with Crippen LogP contribution in [0.1, 0.15) is 5.56 Å². The molecule has 0 spiro atoms. The number of hydrogen-bond acceptors (Lipinski definition) is 4. The first-order valence-corrected chi connectivity index (χ1v) is 6.44. The van der Waals surface area contributed by atoms with Gasteiger partial charge in [-0.2, -0.15) is 8.78 Å². The van der Waals surface area contributed by atoms with Crippen LogP contribution in [0.3, 0.4) is 0 Å². The van der Waals surface area contributed by atoms with Crippen molar-refractivity contribution in [3.8, 4) is 11.5 Å². The van der Waals surface area contributed by atoms with Gasteiger partial charge in [0.25, 0.3) is 0 Å². The van der Waals surface area contributed by atoms with Gasteiger partial charge in [-0.1, -0.05) is 17.7 Å². The maximum atomic E-state index is 12.4. The van der Waals surface area contributed by atoms with Crippen molar-refractivity contribution in [1.29, 1.82) is 0 Å². The molecule has 112 valence electrons. The van der Waals surface area contributed by atoms with E-state index in [1.54, 1.807) is 30.5 Å². The van der Waals surface area contributed by atoms with Crippen molar-refractivity contribution >= 4 is 17.3 Å². The highest BCUT2D eigenvalue weighted by molar-refractivity contribution is 6.31. The molecule has 0 atom stereocenters. The van der Waals surface area contributed by atoms with Crippen LogP contribution in [-0.2, 0) is 6.54 Å². The second-order valence-electron chi connectivity index (χ2n) is 4.06. The normalized spacial score (nSPS) is 10.5. The van der Waals surface area contributed by atoms with Crippen LogP contribution < -0.4 is 14.8 Å². The molecular weight excluding hydrogens is 302 g/mol. The third-order valence-corrected chi connectivity index (χ3v) is 2.99. The predicted octanol–water partition coefficient (Wildman–Crippen LogP) is 3.96. The van der Waals surface area contributed by atoms with Gasteiger partial charge in [0.15, 0.2) is 16.7 Å². The molecule has 4 nitrogen and oxygen atoms in total. The summed E-state index contributed by atoms with van der Waals surface area (Å²) < 4.78 is 34.1. The first kappa shape index (κ1) is 15.3. The van der Waals surface area contributed by atoms with E-state index in [4.69, 9.17) is 16.3 Å². The number of methoxy groups -OCH3 is 1. The molecule has 1 aromatic heterocycles. The van der Waals surface area contributed by atoms with Crippen molar-refractivity contribution in [3.05, 3.63) is 47.2 Å². The van der Waals surface area contributed by atoms with E-state index >= 15 is 0 Å². The molecule has 0 aliphatic rings. The summed E-state index contributed by atoms with van der Waals surface area (Å²) in [6, 6.07) is 8.32. The Morgan fingerprint density at radius 3 is 2.76 bits per heavy atom. The highest BCUT2D eigenvalue weighted by Crippen LogP contribution is 2.30. The van der Waals surface area contributed by atoms with Crippen molar-refractivity contribution in [1.82, 2.24) is 4.98 Å². The molecule has 2 rings (SSSR count). The topological polar surface area (TPSA) is 43.4 Å². The van der Waals surface area contributed by atoms with Crippen molar-refractivity contribution < 1.29 is 18.3 Å². The molecule has 1 heterocycles. The Morgan fingerprint density at radius 1 is 1.29 bits per heavy atom.